The van der Waals surface area contributed by atoms with Crippen LogP contribution >= 0.6 is 0 Å². The van der Waals surface area contributed by atoms with Crippen LogP contribution in [0.25, 0.3) is 0 Å². The largest absolute Gasteiger partial charge is 0.331 e. The van der Waals surface area contributed by atoms with Crippen molar-refractivity contribution >= 4 is 17.9 Å². The summed E-state index contributed by atoms with van der Waals surface area (Å²) in [5.41, 5.74) is 2.76. The van der Waals surface area contributed by atoms with Gasteiger partial charge in [0.1, 0.15) is 6.04 Å². The molecular formula is C20H20F3N5O. The van der Waals surface area contributed by atoms with E-state index in [-0.39, 0.29) is 18.0 Å². The summed E-state index contributed by atoms with van der Waals surface area (Å²) in [4.78, 5) is 21.1. The number of nitrogens with zero attached hydrogens (tertiary/aromatic N) is 3. The van der Waals surface area contributed by atoms with Crippen molar-refractivity contribution in [1.82, 2.24) is 14.9 Å². The number of hydrogen-bond donors (Lipinski definition) is 2. The molecule has 0 saturated heterocycles. The van der Waals surface area contributed by atoms with E-state index in [2.05, 4.69) is 20.6 Å². The molecule has 0 radical (unpaired) electrons. The molecule has 152 valence electrons. The summed E-state index contributed by atoms with van der Waals surface area (Å²) in [7, 11) is 0. The molecular weight excluding hydrogens is 383 g/mol. The predicted molar refractivity (Wildman–Crippen MR) is 102 cm³/mol. The highest BCUT2D eigenvalue weighted by molar-refractivity contribution is 5.96. The van der Waals surface area contributed by atoms with Crippen molar-refractivity contribution in [3.63, 3.8) is 0 Å². The van der Waals surface area contributed by atoms with Crippen LogP contribution in [0, 0.1) is 17.5 Å². The van der Waals surface area contributed by atoms with E-state index in [4.69, 9.17) is 0 Å². The molecule has 0 fully saturated rings. The monoisotopic (exact) mass is 403 g/mol. The molecule has 1 atom stereocenters. The summed E-state index contributed by atoms with van der Waals surface area (Å²) in [6.45, 7) is 1.81. The van der Waals surface area contributed by atoms with Crippen molar-refractivity contribution in [2.24, 2.45) is 4.99 Å². The van der Waals surface area contributed by atoms with Crippen LogP contribution in [0.4, 0.5) is 19.0 Å². The first-order valence-corrected chi connectivity index (χ1v) is 9.40. The SMILES string of the molecule is O=C(Nc1cn(Cc2cc(F)c(F)c(F)c2)cn1)C1CCC2=C(C=N1)CNCC2. The molecule has 1 aromatic heterocycles. The number of halogens is 3. The molecule has 6 nitrogen and oxygen atoms in total. The molecule has 2 N–H and O–H groups in total. The fourth-order valence-electron chi connectivity index (χ4n) is 3.57. The van der Waals surface area contributed by atoms with E-state index in [0.29, 0.717) is 12.2 Å². The second-order valence-electron chi connectivity index (χ2n) is 7.18. The van der Waals surface area contributed by atoms with Crippen molar-refractivity contribution in [2.75, 3.05) is 18.4 Å². The number of hydrogen-bond acceptors (Lipinski definition) is 4. The second kappa shape index (κ2) is 8.20. The van der Waals surface area contributed by atoms with Gasteiger partial charge in [0.2, 0.25) is 5.91 Å². The Morgan fingerprint density at radius 1 is 1.24 bits per heavy atom. The van der Waals surface area contributed by atoms with E-state index < -0.39 is 23.5 Å². The van der Waals surface area contributed by atoms with Gasteiger partial charge in [-0.25, -0.2) is 18.2 Å². The van der Waals surface area contributed by atoms with Crippen LogP contribution in [-0.2, 0) is 11.3 Å². The molecule has 1 aromatic carbocycles. The van der Waals surface area contributed by atoms with Crippen molar-refractivity contribution in [2.45, 2.75) is 31.8 Å². The molecule has 3 heterocycles. The summed E-state index contributed by atoms with van der Waals surface area (Å²) in [5, 5.41) is 6.03. The number of nitrogens with one attached hydrogen (secondary N) is 2. The summed E-state index contributed by atoms with van der Waals surface area (Å²) >= 11 is 0. The van der Waals surface area contributed by atoms with Gasteiger partial charge in [-0.3, -0.25) is 9.79 Å². The third kappa shape index (κ3) is 4.40. The highest BCUT2D eigenvalue weighted by atomic mass is 19.2. The topological polar surface area (TPSA) is 71.3 Å². The number of benzene rings is 1. The fraction of sp³-hybridized carbons (Fsp3) is 0.350. The van der Waals surface area contributed by atoms with E-state index in [1.54, 1.807) is 17.0 Å². The van der Waals surface area contributed by atoms with Gasteiger partial charge in [0.25, 0.3) is 0 Å². The first-order chi connectivity index (χ1) is 14.0. The number of aliphatic imine (C=N–C) groups is 1. The maximum Gasteiger partial charge on any atom is 0.250 e. The molecule has 0 aliphatic carbocycles. The minimum absolute atomic E-state index is 0.0855. The van der Waals surface area contributed by atoms with Crippen molar-refractivity contribution in [3.05, 3.63) is 58.8 Å². The molecule has 0 bridgehead atoms. The Morgan fingerprint density at radius 3 is 2.83 bits per heavy atom. The van der Waals surface area contributed by atoms with Crippen molar-refractivity contribution in [1.29, 1.82) is 0 Å². The van der Waals surface area contributed by atoms with Crippen LogP contribution in [0.1, 0.15) is 24.8 Å². The zero-order valence-electron chi connectivity index (χ0n) is 15.6. The summed E-state index contributed by atoms with van der Waals surface area (Å²) in [5.74, 6) is -3.92. The molecule has 4 rings (SSSR count). The lowest BCUT2D eigenvalue weighted by Gasteiger charge is -2.17. The number of carbonyl (C=O) groups is 1. The van der Waals surface area contributed by atoms with Gasteiger partial charge in [-0.15, -0.1) is 0 Å². The lowest BCUT2D eigenvalue weighted by molar-refractivity contribution is -0.117. The van der Waals surface area contributed by atoms with Crippen LogP contribution in [0.15, 0.2) is 40.8 Å². The quantitative estimate of drug-likeness (QED) is 0.772. The van der Waals surface area contributed by atoms with Crippen molar-refractivity contribution in [3.8, 4) is 0 Å². The van der Waals surface area contributed by atoms with Crippen LogP contribution in [0.2, 0.25) is 0 Å². The summed E-state index contributed by atoms with van der Waals surface area (Å²) < 4.78 is 41.3. The van der Waals surface area contributed by atoms with E-state index in [9.17, 15) is 18.0 Å². The van der Waals surface area contributed by atoms with Crippen LogP contribution in [-0.4, -0.2) is 40.8 Å². The Hall–Kier alpha value is -2.94. The van der Waals surface area contributed by atoms with Gasteiger partial charge in [0, 0.05) is 25.5 Å². The van der Waals surface area contributed by atoms with Gasteiger partial charge in [0.15, 0.2) is 23.3 Å². The number of amides is 1. The lowest BCUT2D eigenvalue weighted by atomic mass is 9.97. The van der Waals surface area contributed by atoms with Gasteiger partial charge in [-0.1, -0.05) is 5.57 Å². The minimum atomic E-state index is -1.50. The van der Waals surface area contributed by atoms with E-state index >= 15 is 0 Å². The van der Waals surface area contributed by atoms with Gasteiger partial charge < -0.3 is 15.2 Å². The third-order valence-corrected chi connectivity index (χ3v) is 5.10. The Kier molecular flexibility index (Phi) is 5.48. The lowest BCUT2D eigenvalue weighted by Crippen LogP contribution is -2.26. The zero-order chi connectivity index (χ0) is 20.4. The molecule has 2 aromatic rings. The molecule has 9 heteroatoms. The Bertz CT molecular complexity index is 975. The maximum atomic E-state index is 13.4. The predicted octanol–water partition coefficient (Wildman–Crippen LogP) is 2.81. The number of imidazole rings is 1. The number of aromatic nitrogens is 2. The Balaban J connectivity index is 1.38. The van der Waals surface area contributed by atoms with E-state index in [1.165, 1.54) is 11.9 Å². The van der Waals surface area contributed by atoms with E-state index in [0.717, 1.165) is 43.6 Å². The highest BCUT2D eigenvalue weighted by Gasteiger charge is 2.23. The first kappa shape index (κ1) is 19.4. The smallest absolute Gasteiger partial charge is 0.250 e. The number of anilines is 1. The first-order valence-electron chi connectivity index (χ1n) is 9.40. The maximum absolute atomic E-state index is 13.4. The van der Waals surface area contributed by atoms with Crippen LogP contribution in [0.3, 0.4) is 0 Å². The number of rotatable bonds is 4. The van der Waals surface area contributed by atoms with Gasteiger partial charge in [-0.2, -0.15) is 0 Å². The van der Waals surface area contributed by atoms with Crippen LogP contribution in [0.5, 0.6) is 0 Å². The molecule has 1 unspecified atom stereocenters. The molecule has 2 aliphatic rings. The fourth-order valence-corrected chi connectivity index (χ4v) is 3.57. The molecule has 2 aliphatic heterocycles. The standard InChI is InChI=1S/C20H20F3N5O/c21-15-5-12(6-16(22)19(15)23)9-28-10-18(26-11-28)27-20(29)17-2-1-13-3-4-24-7-14(13)8-25-17/h5-6,8,10-11,17,24H,1-4,7,9H2,(H,27,29). The summed E-state index contributed by atoms with van der Waals surface area (Å²) in [6, 6.07) is 1.37. The van der Waals surface area contributed by atoms with E-state index in [1.807, 2.05) is 0 Å². The zero-order valence-corrected chi connectivity index (χ0v) is 15.6. The molecule has 0 spiro atoms. The third-order valence-electron chi connectivity index (χ3n) is 5.10. The van der Waals surface area contributed by atoms with Gasteiger partial charge in [-0.05, 0) is 49.1 Å². The normalized spacial score (nSPS) is 19.1. The second-order valence-corrected chi connectivity index (χ2v) is 7.18. The average molecular weight is 403 g/mol. The Morgan fingerprint density at radius 2 is 2.03 bits per heavy atom. The van der Waals surface area contributed by atoms with Crippen molar-refractivity contribution < 1.29 is 18.0 Å². The molecule has 1 amide bonds. The van der Waals surface area contributed by atoms with Crippen LogP contribution < -0.4 is 10.6 Å². The van der Waals surface area contributed by atoms with Gasteiger partial charge in [0.05, 0.1) is 6.33 Å². The highest BCUT2D eigenvalue weighted by Crippen LogP contribution is 2.23. The average Bonchev–Trinajstić information content (AvgIpc) is 3.01. The molecule has 29 heavy (non-hydrogen) atoms. The molecule has 0 saturated carbocycles. The minimum Gasteiger partial charge on any atom is -0.331 e. The Labute approximate surface area is 165 Å². The number of carbonyl (C=O) groups excluding carboxylic acids is 1. The van der Waals surface area contributed by atoms with Gasteiger partial charge >= 0.3 is 0 Å². The summed E-state index contributed by atoms with van der Waals surface area (Å²) in [6.07, 6.45) is 7.21.